The van der Waals surface area contributed by atoms with Crippen LogP contribution in [-0.4, -0.2) is 11.2 Å². The summed E-state index contributed by atoms with van der Waals surface area (Å²) in [5, 5.41) is 0. The first-order chi connectivity index (χ1) is 10.5. The molecular formula is C16H9F3N2S. The van der Waals surface area contributed by atoms with E-state index in [0.29, 0.717) is 17.7 Å². The Morgan fingerprint density at radius 2 is 1.95 bits per heavy atom. The average molecular weight is 318 g/mol. The number of hydrogen-bond donors (Lipinski definition) is 0. The zero-order chi connectivity index (χ0) is 15.3. The molecule has 4 rings (SSSR count). The molecule has 1 aliphatic rings. The van der Waals surface area contributed by atoms with Gasteiger partial charge in [0, 0.05) is 11.8 Å². The van der Waals surface area contributed by atoms with Crippen LogP contribution in [-0.2, 0) is 12.7 Å². The van der Waals surface area contributed by atoms with E-state index >= 15 is 0 Å². The highest BCUT2D eigenvalue weighted by molar-refractivity contribution is 7.16. The van der Waals surface area contributed by atoms with Gasteiger partial charge < -0.3 is 0 Å². The molecule has 6 heteroatoms. The molecule has 2 heterocycles. The van der Waals surface area contributed by atoms with Crippen molar-refractivity contribution in [2.75, 3.05) is 0 Å². The molecule has 0 saturated heterocycles. The molecule has 0 fully saturated rings. The van der Waals surface area contributed by atoms with Gasteiger partial charge in [-0.15, -0.1) is 11.3 Å². The first kappa shape index (κ1) is 13.5. The molecule has 0 saturated carbocycles. The third-order valence-corrected chi connectivity index (χ3v) is 4.53. The zero-order valence-electron chi connectivity index (χ0n) is 11.2. The Bertz CT molecular complexity index is 909. The molecule has 1 aromatic heterocycles. The maximum atomic E-state index is 13.1. The summed E-state index contributed by atoms with van der Waals surface area (Å²) in [7, 11) is 0. The quantitative estimate of drug-likeness (QED) is 0.625. The van der Waals surface area contributed by atoms with E-state index in [2.05, 4.69) is 9.98 Å². The van der Waals surface area contributed by atoms with Gasteiger partial charge in [-0.1, -0.05) is 6.07 Å². The van der Waals surface area contributed by atoms with Gasteiger partial charge in [0.15, 0.2) is 0 Å². The maximum Gasteiger partial charge on any atom is 0.416 e. The molecule has 2 aromatic carbocycles. The Hall–Kier alpha value is -2.21. The maximum absolute atomic E-state index is 13.1. The van der Waals surface area contributed by atoms with Gasteiger partial charge in [0.1, 0.15) is 0 Å². The van der Waals surface area contributed by atoms with Gasteiger partial charge >= 0.3 is 6.18 Å². The van der Waals surface area contributed by atoms with Crippen molar-refractivity contribution >= 4 is 27.8 Å². The van der Waals surface area contributed by atoms with Gasteiger partial charge in [-0.25, -0.2) is 4.98 Å². The van der Waals surface area contributed by atoms with E-state index < -0.39 is 11.7 Å². The van der Waals surface area contributed by atoms with Crippen molar-refractivity contribution in [1.82, 2.24) is 4.98 Å². The summed E-state index contributed by atoms with van der Waals surface area (Å²) >= 11 is 1.51. The van der Waals surface area contributed by atoms with E-state index in [-0.39, 0.29) is 0 Å². The van der Waals surface area contributed by atoms with Gasteiger partial charge in [-0.3, -0.25) is 4.99 Å². The number of nitrogens with zero attached hydrogens (tertiary/aromatic N) is 2. The van der Waals surface area contributed by atoms with Crippen LogP contribution in [0.4, 0.5) is 13.2 Å². The van der Waals surface area contributed by atoms with E-state index in [4.69, 9.17) is 0 Å². The molecule has 0 atom stereocenters. The second kappa shape index (κ2) is 4.64. The number of aromatic nitrogens is 1. The van der Waals surface area contributed by atoms with Gasteiger partial charge in [-0.2, -0.15) is 13.2 Å². The minimum Gasteiger partial charge on any atom is -0.288 e. The van der Waals surface area contributed by atoms with Crippen LogP contribution in [0.15, 0.2) is 40.8 Å². The first-order valence-corrected chi connectivity index (χ1v) is 7.48. The fourth-order valence-corrected chi connectivity index (χ4v) is 3.32. The number of alkyl halides is 3. The van der Waals surface area contributed by atoms with Crippen LogP contribution in [0.3, 0.4) is 0 Å². The monoisotopic (exact) mass is 318 g/mol. The van der Waals surface area contributed by atoms with Crippen LogP contribution >= 0.6 is 11.3 Å². The van der Waals surface area contributed by atoms with Crippen molar-refractivity contribution < 1.29 is 13.2 Å². The molecule has 110 valence electrons. The molecule has 0 aliphatic carbocycles. The Labute approximate surface area is 128 Å². The lowest BCUT2D eigenvalue weighted by molar-refractivity contribution is -0.137. The summed E-state index contributed by atoms with van der Waals surface area (Å²) in [6, 6.07) is 7.94. The molecule has 0 amide bonds. The summed E-state index contributed by atoms with van der Waals surface area (Å²) in [4.78, 5) is 8.34. The molecule has 0 bridgehead atoms. The second-order valence-electron chi connectivity index (χ2n) is 5.10. The van der Waals surface area contributed by atoms with Gasteiger partial charge in [0.2, 0.25) is 0 Å². The molecular weight excluding hydrogens is 309 g/mol. The summed E-state index contributed by atoms with van der Waals surface area (Å²) in [5.41, 5.74) is 4.56. The smallest absolute Gasteiger partial charge is 0.288 e. The first-order valence-electron chi connectivity index (χ1n) is 6.60. The van der Waals surface area contributed by atoms with Crippen molar-refractivity contribution in [2.45, 2.75) is 12.7 Å². The second-order valence-corrected chi connectivity index (χ2v) is 5.99. The third-order valence-electron chi connectivity index (χ3n) is 3.72. The Kier molecular flexibility index (Phi) is 2.84. The van der Waals surface area contributed by atoms with Gasteiger partial charge in [-0.05, 0) is 41.0 Å². The lowest BCUT2D eigenvalue weighted by atomic mass is 9.94. The van der Waals surface area contributed by atoms with E-state index in [0.717, 1.165) is 21.3 Å². The van der Waals surface area contributed by atoms with E-state index in [1.807, 2.05) is 18.2 Å². The van der Waals surface area contributed by atoms with Crippen LogP contribution in [0.2, 0.25) is 0 Å². The molecule has 0 N–H and O–H groups in total. The molecule has 2 nitrogen and oxygen atoms in total. The zero-order valence-corrected chi connectivity index (χ0v) is 12.0. The Morgan fingerprint density at radius 3 is 2.77 bits per heavy atom. The average Bonchev–Trinajstić information content (AvgIpc) is 3.13. The molecule has 0 unspecified atom stereocenters. The minimum atomic E-state index is -4.36. The lowest BCUT2D eigenvalue weighted by Gasteiger charge is -2.13. The number of thiazole rings is 1. The molecule has 3 aromatic rings. The number of aliphatic imine (C=N–C) groups is 1. The topological polar surface area (TPSA) is 25.2 Å². The highest BCUT2D eigenvalue weighted by Gasteiger charge is 2.32. The summed E-state index contributed by atoms with van der Waals surface area (Å²) < 4.78 is 40.3. The normalized spacial score (nSPS) is 13.8. The Balaban J connectivity index is 1.96. The number of rotatable bonds is 1. The third kappa shape index (κ3) is 2.11. The van der Waals surface area contributed by atoms with E-state index in [9.17, 15) is 13.2 Å². The van der Waals surface area contributed by atoms with Crippen LogP contribution in [0.1, 0.15) is 16.7 Å². The van der Waals surface area contributed by atoms with Crippen molar-refractivity contribution in [1.29, 1.82) is 0 Å². The fraction of sp³-hybridized carbons (Fsp3) is 0.125. The van der Waals surface area contributed by atoms with E-state index in [1.165, 1.54) is 23.5 Å². The number of hydrogen-bond acceptors (Lipinski definition) is 3. The predicted molar refractivity (Wildman–Crippen MR) is 81.4 cm³/mol. The van der Waals surface area contributed by atoms with Crippen LogP contribution in [0, 0.1) is 0 Å². The number of benzene rings is 2. The number of fused-ring (bicyclic) bond motifs is 2. The highest BCUT2D eigenvalue weighted by atomic mass is 32.1. The summed E-state index contributed by atoms with van der Waals surface area (Å²) in [6.45, 7) is 0.297. The SMILES string of the molecule is FC(F)(F)c1cc2c(c(-c3ccc4scnc4c3)c1)C=NC2. The fourth-order valence-electron chi connectivity index (χ4n) is 2.66. The highest BCUT2D eigenvalue weighted by Crippen LogP contribution is 2.37. The van der Waals surface area contributed by atoms with Crippen molar-refractivity contribution in [2.24, 2.45) is 4.99 Å². The minimum absolute atomic E-state index is 0.297. The van der Waals surface area contributed by atoms with E-state index in [1.54, 1.807) is 11.7 Å². The lowest BCUT2D eigenvalue weighted by Crippen LogP contribution is -2.07. The molecule has 22 heavy (non-hydrogen) atoms. The van der Waals surface area contributed by atoms with Gasteiger partial charge in [0.25, 0.3) is 0 Å². The van der Waals surface area contributed by atoms with Crippen LogP contribution in [0.25, 0.3) is 21.3 Å². The Morgan fingerprint density at radius 1 is 1.09 bits per heavy atom. The van der Waals surface area contributed by atoms with Crippen molar-refractivity contribution in [3.63, 3.8) is 0 Å². The molecule has 1 aliphatic heterocycles. The van der Waals surface area contributed by atoms with Crippen LogP contribution in [0.5, 0.6) is 0 Å². The molecule has 0 radical (unpaired) electrons. The largest absolute Gasteiger partial charge is 0.416 e. The molecule has 0 spiro atoms. The predicted octanol–water partition coefficient (Wildman–Crippen LogP) is 4.91. The van der Waals surface area contributed by atoms with Gasteiger partial charge in [0.05, 0.1) is 27.8 Å². The van der Waals surface area contributed by atoms with Crippen LogP contribution < -0.4 is 0 Å². The standard InChI is InChI=1S/C16H9F3N2S/c17-16(18,19)11-3-10-6-20-7-13(10)12(5-11)9-1-2-15-14(4-9)21-8-22-15/h1-5,7-8H,6H2. The number of halogens is 3. The van der Waals surface area contributed by atoms with Crippen molar-refractivity contribution in [3.05, 3.63) is 52.5 Å². The summed E-state index contributed by atoms with van der Waals surface area (Å²) in [5.74, 6) is 0. The van der Waals surface area contributed by atoms with Crippen molar-refractivity contribution in [3.8, 4) is 11.1 Å². The summed E-state index contributed by atoms with van der Waals surface area (Å²) in [6.07, 6.45) is -2.72.